The summed E-state index contributed by atoms with van der Waals surface area (Å²) in [6.45, 7) is 5.92. The van der Waals surface area contributed by atoms with Gasteiger partial charge < -0.3 is 15.2 Å². The normalized spacial score (nSPS) is 20.0. The lowest BCUT2D eigenvalue weighted by atomic mass is 9.86. The Balaban J connectivity index is 1.73. The Morgan fingerprint density at radius 3 is 2.42 bits per heavy atom. The maximum Gasteiger partial charge on any atom is 0.422 e. The summed E-state index contributed by atoms with van der Waals surface area (Å²) in [6, 6.07) is 9.22. The highest BCUT2D eigenvalue weighted by Gasteiger charge is 2.38. The molecule has 0 unspecified atom stereocenters. The van der Waals surface area contributed by atoms with Gasteiger partial charge in [0.2, 0.25) is 0 Å². The van der Waals surface area contributed by atoms with Crippen molar-refractivity contribution in [3.8, 4) is 0 Å². The zero-order chi connectivity index (χ0) is 17.7. The molecule has 1 aliphatic carbocycles. The average Bonchev–Trinajstić information content (AvgIpc) is 2.46. The molecule has 2 amide bonds. The van der Waals surface area contributed by atoms with Gasteiger partial charge in [-0.25, -0.2) is 20.0 Å². The first-order valence-electron chi connectivity index (χ1n) is 8.02. The molecule has 0 atom stereocenters. The quantitative estimate of drug-likeness (QED) is 0.720. The standard InChI is InChI=1S/C17H25N3O4/c1-17(2,3)19-20(16(22)23)14-9-13(10-14)18-15(21)24-11-12-7-5-4-6-8-12/h4-8,13-14,19H,9-11H2,1-3H3,(H,18,21)(H,22,23). The average molecular weight is 335 g/mol. The summed E-state index contributed by atoms with van der Waals surface area (Å²) in [5.74, 6) is 0. The zero-order valence-corrected chi connectivity index (χ0v) is 14.3. The molecule has 0 saturated heterocycles. The fourth-order valence-corrected chi connectivity index (χ4v) is 2.50. The van der Waals surface area contributed by atoms with E-state index in [0.717, 1.165) is 5.56 Å². The van der Waals surface area contributed by atoms with E-state index < -0.39 is 12.2 Å². The van der Waals surface area contributed by atoms with Crippen LogP contribution >= 0.6 is 0 Å². The van der Waals surface area contributed by atoms with Crippen molar-refractivity contribution in [3.63, 3.8) is 0 Å². The van der Waals surface area contributed by atoms with Gasteiger partial charge >= 0.3 is 12.2 Å². The van der Waals surface area contributed by atoms with Crippen LogP contribution in [0.4, 0.5) is 9.59 Å². The third-order valence-electron chi connectivity index (χ3n) is 3.68. The maximum atomic E-state index is 11.8. The number of benzene rings is 1. The van der Waals surface area contributed by atoms with Crippen LogP contribution in [0.3, 0.4) is 0 Å². The number of carboxylic acid groups (broad SMARTS) is 1. The Morgan fingerprint density at radius 1 is 1.25 bits per heavy atom. The summed E-state index contributed by atoms with van der Waals surface area (Å²) in [4.78, 5) is 23.1. The molecule has 0 radical (unpaired) electrons. The van der Waals surface area contributed by atoms with E-state index in [9.17, 15) is 14.7 Å². The summed E-state index contributed by atoms with van der Waals surface area (Å²) < 4.78 is 5.16. The molecule has 24 heavy (non-hydrogen) atoms. The van der Waals surface area contributed by atoms with Crippen molar-refractivity contribution in [2.24, 2.45) is 0 Å². The van der Waals surface area contributed by atoms with Gasteiger partial charge in [0.1, 0.15) is 6.61 Å². The van der Waals surface area contributed by atoms with Crippen LogP contribution < -0.4 is 10.7 Å². The molecule has 7 heteroatoms. The number of rotatable bonds is 5. The summed E-state index contributed by atoms with van der Waals surface area (Å²) in [7, 11) is 0. The highest BCUT2D eigenvalue weighted by Crippen LogP contribution is 2.26. The summed E-state index contributed by atoms with van der Waals surface area (Å²) in [5.41, 5.74) is 3.55. The molecule has 1 aromatic carbocycles. The van der Waals surface area contributed by atoms with Crippen LogP contribution in [-0.2, 0) is 11.3 Å². The molecule has 0 heterocycles. The predicted octanol–water partition coefficient (Wildman–Crippen LogP) is 2.73. The number of amides is 2. The molecule has 7 nitrogen and oxygen atoms in total. The number of carbonyl (C=O) groups is 2. The smallest absolute Gasteiger partial charge is 0.422 e. The van der Waals surface area contributed by atoms with Crippen molar-refractivity contribution < 1.29 is 19.4 Å². The fourth-order valence-electron chi connectivity index (χ4n) is 2.50. The second-order valence-electron chi connectivity index (χ2n) is 7.04. The van der Waals surface area contributed by atoms with E-state index >= 15 is 0 Å². The van der Waals surface area contributed by atoms with Crippen molar-refractivity contribution >= 4 is 12.2 Å². The lowest BCUT2D eigenvalue weighted by molar-refractivity contribution is 0.0254. The van der Waals surface area contributed by atoms with Crippen LogP contribution in [0.15, 0.2) is 30.3 Å². The number of hydrogen-bond acceptors (Lipinski definition) is 4. The van der Waals surface area contributed by atoms with E-state index in [-0.39, 0.29) is 24.2 Å². The summed E-state index contributed by atoms with van der Waals surface area (Å²) >= 11 is 0. The van der Waals surface area contributed by atoms with Crippen molar-refractivity contribution in [3.05, 3.63) is 35.9 Å². The van der Waals surface area contributed by atoms with Crippen molar-refractivity contribution in [2.75, 3.05) is 0 Å². The Labute approximate surface area is 142 Å². The van der Waals surface area contributed by atoms with Gasteiger partial charge in [-0.3, -0.25) is 0 Å². The lowest BCUT2D eigenvalue weighted by Gasteiger charge is -2.43. The number of hydrazine groups is 1. The Morgan fingerprint density at radius 2 is 1.88 bits per heavy atom. The van der Waals surface area contributed by atoms with Gasteiger partial charge in [-0.15, -0.1) is 0 Å². The molecule has 1 saturated carbocycles. The molecule has 2 rings (SSSR count). The topological polar surface area (TPSA) is 90.9 Å². The van der Waals surface area contributed by atoms with E-state index in [1.165, 1.54) is 5.01 Å². The SMILES string of the molecule is CC(C)(C)NN(C(=O)O)C1CC(NC(=O)OCc2ccccc2)C1. The van der Waals surface area contributed by atoms with Gasteiger partial charge in [-0.05, 0) is 39.2 Å². The summed E-state index contributed by atoms with van der Waals surface area (Å²) in [5, 5.41) is 13.3. The molecule has 132 valence electrons. The number of alkyl carbamates (subject to hydrolysis) is 1. The summed E-state index contributed by atoms with van der Waals surface area (Å²) in [6.07, 6.45) is -0.362. The van der Waals surface area contributed by atoms with E-state index in [4.69, 9.17) is 4.74 Å². The van der Waals surface area contributed by atoms with E-state index in [0.29, 0.717) is 12.8 Å². The molecule has 0 aromatic heterocycles. The lowest BCUT2D eigenvalue weighted by Crippen LogP contribution is -2.62. The molecule has 1 aliphatic rings. The molecule has 0 bridgehead atoms. The second-order valence-corrected chi connectivity index (χ2v) is 7.04. The number of nitrogens with zero attached hydrogens (tertiary/aromatic N) is 1. The highest BCUT2D eigenvalue weighted by molar-refractivity contribution is 5.68. The van der Waals surface area contributed by atoms with Crippen molar-refractivity contribution in [1.82, 2.24) is 15.8 Å². The molecule has 1 aromatic rings. The monoisotopic (exact) mass is 335 g/mol. The molecule has 3 N–H and O–H groups in total. The van der Waals surface area contributed by atoms with Gasteiger partial charge in [0, 0.05) is 11.6 Å². The van der Waals surface area contributed by atoms with Crippen molar-refractivity contribution in [1.29, 1.82) is 0 Å². The molecule has 0 aliphatic heterocycles. The third kappa shape index (κ3) is 5.42. The molecule has 0 spiro atoms. The largest absolute Gasteiger partial charge is 0.464 e. The fraction of sp³-hybridized carbons (Fsp3) is 0.529. The van der Waals surface area contributed by atoms with E-state index in [1.807, 2.05) is 51.1 Å². The van der Waals surface area contributed by atoms with Crippen LogP contribution in [-0.4, -0.2) is 39.9 Å². The van der Waals surface area contributed by atoms with Crippen LogP contribution in [0.1, 0.15) is 39.2 Å². The second kappa shape index (κ2) is 7.53. The van der Waals surface area contributed by atoms with Crippen LogP contribution in [0.5, 0.6) is 0 Å². The Bertz CT molecular complexity index is 565. The van der Waals surface area contributed by atoms with E-state index in [1.54, 1.807) is 0 Å². The van der Waals surface area contributed by atoms with Gasteiger partial charge in [0.15, 0.2) is 0 Å². The van der Waals surface area contributed by atoms with E-state index in [2.05, 4.69) is 10.7 Å². The number of hydrogen-bond donors (Lipinski definition) is 3. The minimum Gasteiger partial charge on any atom is -0.464 e. The third-order valence-corrected chi connectivity index (χ3v) is 3.68. The van der Waals surface area contributed by atoms with Crippen LogP contribution in [0.25, 0.3) is 0 Å². The highest BCUT2D eigenvalue weighted by atomic mass is 16.5. The van der Waals surface area contributed by atoms with Gasteiger partial charge in [0.25, 0.3) is 0 Å². The maximum absolute atomic E-state index is 11.8. The minimum atomic E-state index is -1.01. The first kappa shape index (κ1) is 18.1. The first-order chi connectivity index (χ1) is 11.2. The molecular formula is C17H25N3O4. The first-order valence-corrected chi connectivity index (χ1v) is 8.02. The van der Waals surface area contributed by atoms with Gasteiger partial charge in [0.05, 0.1) is 6.04 Å². The number of ether oxygens (including phenoxy) is 1. The minimum absolute atomic E-state index is 0.0677. The van der Waals surface area contributed by atoms with Gasteiger partial charge in [-0.2, -0.15) is 0 Å². The Hall–Kier alpha value is -2.28. The molecule has 1 fully saturated rings. The number of nitrogens with one attached hydrogen (secondary N) is 2. The Kier molecular flexibility index (Phi) is 5.66. The number of carbonyl (C=O) groups excluding carboxylic acids is 1. The zero-order valence-electron chi connectivity index (χ0n) is 14.3. The van der Waals surface area contributed by atoms with Crippen LogP contribution in [0, 0.1) is 0 Å². The van der Waals surface area contributed by atoms with Crippen molar-refractivity contribution in [2.45, 2.75) is 57.8 Å². The van der Waals surface area contributed by atoms with Crippen LogP contribution in [0.2, 0.25) is 0 Å². The van der Waals surface area contributed by atoms with Gasteiger partial charge in [-0.1, -0.05) is 30.3 Å². The predicted molar refractivity (Wildman–Crippen MR) is 89.3 cm³/mol. The molecular weight excluding hydrogens is 310 g/mol.